The van der Waals surface area contributed by atoms with Crippen molar-refractivity contribution in [3.63, 3.8) is 0 Å². The fraction of sp³-hybridized carbons (Fsp3) is 0.0769. The van der Waals surface area contributed by atoms with Crippen molar-refractivity contribution in [3.8, 4) is 0 Å². The van der Waals surface area contributed by atoms with Gasteiger partial charge < -0.3 is 0 Å². The van der Waals surface area contributed by atoms with Gasteiger partial charge in [-0.3, -0.25) is 0 Å². The lowest BCUT2D eigenvalue weighted by Gasteiger charge is -2.09. The Bertz CT molecular complexity index is 1060. The molecule has 0 aliphatic heterocycles. The molecule has 130 valence electrons. The summed E-state index contributed by atoms with van der Waals surface area (Å²) in [5, 5.41) is 0.240. The Morgan fingerprint density at radius 2 is 1.21 bits per heavy atom. The molecule has 2 aromatic carbocycles. The van der Waals surface area contributed by atoms with Crippen LogP contribution in [0, 0.1) is 6.92 Å². The minimum absolute atomic E-state index is 0.240. The van der Waals surface area contributed by atoms with E-state index in [4.69, 9.17) is 11.6 Å². The molecule has 0 aromatic heterocycles. The first kappa shape index (κ1) is 18.9. The van der Waals surface area contributed by atoms with E-state index in [0.717, 1.165) is 24.3 Å². The van der Waals surface area contributed by atoms with E-state index in [1.165, 1.54) is 28.4 Å². The van der Waals surface area contributed by atoms with Crippen LogP contribution in [-0.2, 0) is 27.9 Å². The van der Waals surface area contributed by atoms with Crippen LogP contribution >= 0.6 is 11.6 Å². The zero-order chi connectivity index (χ0) is 18.2. The van der Waals surface area contributed by atoms with Gasteiger partial charge in [-0.2, -0.15) is 8.42 Å². The molecule has 1 N–H and O–H groups in total. The van der Waals surface area contributed by atoms with Crippen molar-refractivity contribution in [3.05, 3.63) is 59.1 Å². The van der Waals surface area contributed by atoms with Gasteiger partial charge in [0.25, 0.3) is 18.9 Å². The van der Waals surface area contributed by atoms with Gasteiger partial charge >= 0.3 is 9.06 Å². The summed E-state index contributed by atoms with van der Waals surface area (Å²) in [6.45, 7) is 1.69. The molecule has 0 heterocycles. The molecule has 0 spiro atoms. The standard InChI is InChI=1S/C13H12ClNO6S3/c1-10-2-6-13(7-3-10)23(18,19)24(20,21)15-22(16,17)12-8-4-11(14)5-9-12/h2-9,15H,1H3. The molecule has 0 saturated heterocycles. The number of rotatable bonds is 5. The lowest BCUT2D eigenvalue weighted by molar-refractivity contribution is 0.572. The van der Waals surface area contributed by atoms with E-state index in [-0.39, 0.29) is 5.02 Å². The van der Waals surface area contributed by atoms with Crippen molar-refractivity contribution in [2.45, 2.75) is 16.7 Å². The monoisotopic (exact) mass is 409 g/mol. The second kappa shape index (κ2) is 6.45. The molecule has 0 aliphatic carbocycles. The predicted octanol–water partition coefficient (Wildman–Crippen LogP) is 1.65. The lowest BCUT2D eigenvalue weighted by atomic mass is 10.2. The van der Waals surface area contributed by atoms with Gasteiger partial charge in [0.1, 0.15) is 0 Å². The molecule has 2 rings (SSSR count). The zero-order valence-corrected chi connectivity index (χ0v) is 15.4. The van der Waals surface area contributed by atoms with Crippen LogP contribution in [0.4, 0.5) is 0 Å². The average Bonchev–Trinajstić information content (AvgIpc) is 2.47. The number of halogens is 1. The molecule has 0 aliphatic rings. The summed E-state index contributed by atoms with van der Waals surface area (Å²) >= 11 is 5.63. The number of hydrogen-bond acceptors (Lipinski definition) is 6. The van der Waals surface area contributed by atoms with Crippen LogP contribution in [0.25, 0.3) is 0 Å². The van der Waals surface area contributed by atoms with Gasteiger partial charge in [0.15, 0.2) is 0 Å². The summed E-state index contributed by atoms with van der Waals surface area (Å²) in [4.78, 5) is -0.971. The fourth-order valence-electron chi connectivity index (χ4n) is 1.67. The third-order valence-corrected chi connectivity index (χ3v) is 10.1. The van der Waals surface area contributed by atoms with Gasteiger partial charge in [0.05, 0.1) is 9.79 Å². The Morgan fingerprint density at radius 1 is 0.750 bits per heavy atom. The third-order valence-electron chi connectivity index (χ3n) is 2.93. The first-order valence-electron chi connectivity index (χ1n) is 6.31. The van der Waals surface area contributed by atoms with Gasteiger partial charge in [-0.15, -0.1) is 0 Å². The summed E-state index contributed by atoms with van der Waals surface area (Å²) in [6.07, 6.45) is 0. The van der Waals surface area contributed by atoms with Gasteiger partial charge in [0.2, 0.25) is 0 Å². The quantitative estimate of drug-likeness (QED) is 0.751. The van der Waals surface area contributed by atoms with Crippen molar-refractivity contribution in [2.75, 3.05) is 0 Å². The Hall–Kier alpha value is -1.46. The molecular formula is C13H12ClNO6S3. The Balaban J connectivity index is 2.43. The Labute approximate surface area is 144 Å². The lowest BCUT2D eigenvalue weighted by Crippen LogP contribution is -2.35. The van der Waals surface area contributed by atoms with E-state index in [1.54, 1.807) is 6.92 Å². The summed E-state index contributed by atoms with van der Waals surface area (Å²) in [5.41, 5.74) is 0.716. The van der Waals surface area contributed by atoms with Crippen molar-refractivity contribution in [1.82, 2.24) is 4.13 Å². The zero-order valence-electron chi connectivity index (χ0n) is 12.2. The van der Waals surface area contributed by atoms with E-state index < -0.39 is 37.7 Å². The van der Waals surface area contributed by atoms with Crippen molar-refractivity contribution in [2.24, 2.45) is 0 Å². The molecule has 0 bridgehead atoms. The maximum atomic E-state index is 12.2. The number of benzene rings is 2. The molecule has 0 atom stereocenters. The van der Waals surface area contributed by atoms with E-state index in [2.05, 4.69) is 0 Å². The molecule has 24 heavy (non-hydrogen) atoms. The van der Waals surface area contributed by atoms with E-state index in [0.29, 0.717) is 5.56 Å². The smallest absolute Gasteiger partial charge is 0.206 e. The van der Waals surface area contributed by atoms with E-state index in [9.17, 15) is 25.3 Å². The van der Waals surface area contributed by atoms with Crippen LogP contribution in [0.15, 0.2) is 58.3 Å². The molecule has 7 nitrogen and oxygen atoms in total. The largest absolute Gasteiger partial charge is 0.335 e. The molecule has 0 unspecified atom stereocenters. The Morgan fingerprint density at radius 3 is 1.71 bits per heavy atom. The topological polar surface area (TPSA) is 114 Å². The first-order chi connectivity index (χ1) is 11.0. The summed E-state index contributed by atoms with van der Waals surface area (Å²) < 4.78 is 74.0. The van der Waals surface area contributed by atoms with Crippen LogP contribution in [-0.4, -0.2) is 25.3 Å². The van der Waals surface area contributed by atoms with E-state index >= 15 is 0 Å². The second-order valence-electron chi connectivity index (χ2n) is 4.76. The normalized spacial score (nSPS) is 12.9. The van der Waals surface area contributed by atoms with Crippen molar-refractivity contribution >= 4 is 39.5 Å². The highest BCUT2D eigenvalue weighted by Gasteiger charge is 2.36. The maximum Gasteiger partial charge on any atom is 0.335 e. The van der Waals surface area contributed by atoms with Gasteiger partial charge in [0, 0.05) is 5.02 Å². The van der Waals surface area contributed by atoms with Crippen molar-refractivity contribution < 1.29 is 25.3 Å². The molecule has 0 radical (unpaired) electrons. The number of sulfonamides is 1. The van der Waals surface area contributed by atoms with E-state index in [1.807, 2.05) is 0 Å². The number of aryl methyl sites for hydroxylation is 1. The highest BCUT2D eigenvalue weighted by molar-refractivity contribution is 8.67. The van der Waals surface area contributed by atoms with Crippen LogP contribution in [0.5, 0.6) is 0 Å². The molecule has 11 heteroatoms. The van der Waals surface area contributed by atoms with Crippen molar-refractivity contribution in [1.29, 1.82) is 0 Å². The summed E-state index contributed by atoms with van der Waals surface area (Å²) in [7, 11) is -14.8. The fourth-order valence-corrected chi connectivity index (χ4v) is 7.54. The van der Waals surface area contributed by atoms with Gasteiger partial charge in [-0.1, -0.05) is 33.4 Å². The molecule has 0 fully saturated rings. The summed E-state index contributed by atoms with van der Waals surface area (Å²) in [6, 6.07) is 9.54. The third kappa shape index (κ3) is 3.78. The van der Waals surface area contributed by atoms with Gasteiger partial charge in [-0.05, 0) is 43.3 Å². The SMILES string of the molecule is Cc1ccc(S(=O)(=O)S(=O)(=O)NS(=O)(=O)c2ccc(Cl)cc2)cc1. The highest BCUT2D eigenvalue weighted by atomic mass is 35.5. The van der Waals surface area contributed by atoms with Crippen LogP contribution < -0.4 is 4.13 Å². The Kier molecular flexibility index (Phi) is 5.07. The molecular weight excluding hydrogens is 398 g/mol. The molecule has 2 aromatic rings. The highest BCUT2D eigenvalue weighted by Crippen LogP contribution is 2.20. The minimum atomic E-state index is -5.24. The number of hydrogen-bond donors (Lipinski definition) is 1. The van der Waals surface area contributed by atoms with Crippen LogP contribution in [0.1, 0.15) is 5.56 Å². The molecule has 0 saturated carbocycles. The molecule has 0 amide bonds. The van der Waals surface area contributed by atoms with Gasteiger partial charge in [-0.25, -0.2) is 16.8 Å². The maximum absolute atomic E-state index is 12.2. The van der Waals surface area contributed by atoms with Crippen LogP contribution in [0.2, 0.25) is 5.02 Å². The average molecular weight is 410 g/mol. The second-order valence-corrected chi connectivity index (χ2v) is 12.3. The minimum Gasteiger partial charge on any atom is -0.206 e. The predicted molar refractivity (Wildman–Crippen MR) is 89.1 cm³/mol. The summed E-state index contributed by atoms with van der Waals surface area (Å²) in [5.74, 6) is 0. The number of nitrogens with one attached hydrogen (secondary N) is 1. The van der Waals surface area contributed by atoms with Crippen LogP contribution in [0.3, 0.4) is 0 Å². The first-order valence-corrected chi connectivity index (χ1v) is 11.7.